The van der Waals surface area contributed by atoms with E-state index in [0.29, 0.717) is 10.6 Å². The molecular weight excluding hydrogens is 350 g/mol. The van der Waals surface area contributed by atoms with Crippen LogP contribution in [0.15, 0.2) is 24.3 Å². The Kier molecular flexibility index (Phi) is 5.73. The van der Waals surface area contributed by atoms with Crippen LogP contribution in [0.3, 0.4) is 0 Å². The van der Waals surface area contributed by atoms with E-state index in [1.54, 1.807) is 12.1 Å². The van der Waals surface area contributed by atoms with Gasteiger partial charge < -0.3 is 10.1 Å². The zero-order valence-corrected chi connectivity index (χ0v) is 15.3. The van der Waals surface area contributed by atoms with Crippen molar-refractivity contribution in [3.05, 3.63) is 24.3 Å². The number of hydrogen-bond donors (Lipinski definition) is 1. The van der Waals surface area contributed by atoms with Crippen molar-refractivity contribution < 1.29 is 23.9 Å². The highest BCUT2D eigenvalue weighted by Gasteiger charge is 2.46. The van der Waals surface area contributed by atoms with Gasteiger partial charge in [-0.15, -0.1) is 0 Å². The molecular formula is C19H23N3O5. The molecule has 144 valence electrons. The normalized spacial score (nSPS) is 18.6. The summed E-state index contributed by atoms with van der Waals surface area (Å²) in [4.78, 5) is 50.8. The van der Waals surface area contributed by atoms with Gasteiger partial charge in [0.25, 0.3) is 0 Å². The topological polar surface area (TPSA) is 96.0 Å². The van der Waals surface area contributed by atoms with E-state index in [4.69, 9.17) is 4.74 Å². The van der Waals surface area contributed by atoms with Crippen LogP contribution < -0.4 is 15.0 Å². The van der Waals surface area contributed by atoms with Crippen LogP contribution in [0.1, 0.15) is 38.5 Å². The summed E-state index contributed by atoms with van der Waals surface area (Å²) in [5, 5.41) is 2.88. The van der Waals surface area contributed by atoms with Gasteiger partial charge in [-0.05, 0) is 37.1 Å². The quantitative estimate of drug-likeness (QED) is 0.483. The molecule has 0 unspecified atom stereocenters. The van der Waals surface area contributed by atoms with Gasteiger partial charge in [-0.2, -0.15) is 0 Å². The molecule has 1 saturated heterocycles. The Morgan fingerprint density at radius 1 is 1.04 bits per heavy atom. The van der Waals surface area contributed by atoms with Gasteiger partial charge in [-0.25, -0.2) is 14.6 Å². The van der Waals surface area contributed by atoms with Crippen molar-refractivity contribution in [2.45, 2.75) is 44.6 Å². The monoisotopic (exact) mass is 373 g/mol. The number of amides is 5. The molecule has 1 N–H and O–H groups in total. The Morgan fingerprint density at radius 3 is 2.26 bits per heavy atom. The van der Waals surface area contributed by atoms with Crippen LogP contribution in [-0.2, 0) is 14.4 Å². The maximum Gasteiger partial charge on any atom is 0.339 e. The van der Waals surface area contributed by atoms with Crippen molar-refractivity contribution in [1.29, 1.82) is 0 Å². The maximum atomic E-state index is 12.6. The molecule has 1 aromatic carbocycles. The number of carbonyl (C=O) groups is 4. The van der Waals surface area contributed by atoms with E-state index in [-0.39, 0.29) is 11.7 Å². The first-order valence-electron chi connectivity index (χ1n) is 9.14. The zero-order chi connectivity index (χ0) is 19.4. The van der Waals surface area contributed by atoms with Gasteiger partial charge >= 0.3 is 17.8 Å². The highest BCUT2D eigenvalue weighted by molar-refractivity contribution is 6.53. The van der Waals surface area contributed by atoms with E-state index >= 15 is 0 Å². The van der Waals surface area contributed by atoms with E-state index in [1.807, 2.05) is 0 Å². The zero-order valence-electron chi connectivity index (χ0n) is 15.3. The molecule has 1 aliphatic heterocycles. The number of anilines is 1. The van der Waals surface area contributed by atoms with Gasteiger partial charge in [0.2, 0.25) is 5.91 Å². The highest BCUT2D eigenvalue weighted by atomic mass is 16.5. The first-order valence-corrected chi connectivity index (χ1v) is 9.14. The van der Waals surface area contributed by atoms with Crippen LogP contribution in [0.4, 0.5) is 10.5 Å². The van der Waals surface area contributed by atoms with Gasteiger partial charge in [0, 0.05) is 6.04 Å². The fourth-order valence-electron chi connectivity index (χ4n) is 3.44. The second-order valence-corrected chi connectivity index (χ2v) is 6.77. The van der Waals surface area contributed by atoms with Gasteiger partial charge in [-0.1, -0.05) is 25.7 Å². The number of carbonyl (C=O) groups excluding carboxylic acids is 4. The number of ether oxygens (including phenoxy) is 1. The maximum absolute atomic E-state index is 12.6. The number of urea groups is 1. The lowest BCUT2D eigenvalue weighted by Gasteiger charge is -2.19. The van der Waals surface area contributed by atoms with Crippen LogP contribution in [0, 0.1) is 0 Å². The van der Waals surface area contributed by atoms with Gasteiger partial charge in [0.15, 0.2) is 0 Å². The molecule has 0 bridgehead atoms. The van der Waals surface area contributed by atoms with E-state index in [1.165, 1.54) is 19.2 Å². The largest absolute Gasteiger partial charge is 0.497 e. The van der Waals surface area contributed by atoms with Crippen molar-refractivity contribution >= 4 is 29.4 Å². The van der Waals surface area contributed by atoms with Gasteiger partial charge in [0.1, 0.15) is 12.3 Å². The summed E-state index contributed by atoms with van der Waals surface area (Å²) in [5.74, 6) is -1.82. The predicted molar refractivity (Wildman–Crippen MR) is 97.2 cm³/mol. The fourth-order valence-corrected chi connectivity index (χ4v) is 3.44. The first-order chi connectivity index (χ1) is 13.0. The number of rotatable bonds is 5. The summed E-state index contributed by atoms with van der Waals surface area (Å²) >= 11 is 0. The average Bonchev–Trinajstić information content (AvgIpc) is 2.85. The third-order valence-electron chi connectivity index (χ3n) is 4.91. The van der Waals surface area contributed by atoms with Crippen LogP contribution in [0.2, 0.25) is 0 Å². The highest BCUT2D eigenvalue weighted by Crippen LogP contribution is 2.24. The lowest BCUT2D eigenvalue weighted by molar-refractivity contribution is -0.140. The molecule has 0 aromatic heterocycles. The SMILES string of the molecule is COc1ccc(N2C(=O)C(=O)N(CC(=O)NC3CCCCCC3)C2=O)cc1. The summed E-state index contributed by atoms with van der Waals surface area (Å²) in [6.07, 6.45) is 6.20. The lowest BCUT2D eigenvalue weighted by atomic mass is 10.1. The third-order valence-corrected chi connectivity index (χ3v) is 4.91. The summed E-state index contributed by atoms with van der Waals surface area (Å²) in [7, 11) is 1.50. The average molecular weight is 373 g/mol. The number of imide groups is 2. The standard InChI is InChI=1S/C19H23N3O5/c1-27-15-10-8-14(9-11-15)22-18(25)17(24)21(19(22)26)12-16(23)20-13-6-4-2-3-5-7-13/h8-11,13H,2-7,12H2,1H3,(H,20,23). The number of methoxy groups -OCH3 is 1. The molecule has 8 heteroatoms. The Hall–Kier alpha value is -2.90. The fraction of sp³-hybridized carbons (Fsp3) is 0.474. The third kappa shape index (κ3) is 4.10. The molecule has 1 heterocycles. The van der Waals surface area contributed by atoms with Crippen molar-refractivity contribution in [2.75, 3.05) is 18.6 Å². The smallest absolute Gasteiger partial charge is 0.339 e. The van der Waals surface area contributed by atoms with Gasteiger partial charge in [0.05, 0.1) is 12.8 Å². The molecule has 0 spiro atoms. The summed E-state index contributed by atoms with van der Waals surface area (Å²) < 4.78 is 5.04. The van der Waals surface area contributed by atoms with Crippen LogP contribution in [-0.4, -0.2) is 48.3 Å². The second-order valence-electron chi connectivity index (χ2n) is 6.77. The number of benzene rings is 1. The van der Waals surface area contributed by atoms with Gasteiger partial charge in [-0.3, -0.25) is 14.4 Å². The summed E-state index contributed by atoms with van der Waals surface area (Å²) in [6.45, 7) is -0.452. The molecule has 0 atom stereocenters. The molecule has 1 saturated carbocycles. The molecule has 8 nitrogen and oxygen atoms in total. The first kappa shape index (κ1) is 18.9. The lowest BCUT2D eigenvalue weighted by Crippen LogP contribution is -2.44. The van der Waals surface area contributed by atoms with E-state index in [2.05, 4.69) is 5.32 Å². The molecule has 3 rings (SSSR count). The van der Waals surface area contributed by atoms with Crippen LogP contribution in [0.5, 0.6) is 5.75 Å². The molecule has 1 aliphatic carbocycles. The number of hydrogen-bond acceptors (Lipinski definition) is 5. The Morgan fingerprint density at radius 2 is 1.67 bits per heavy atom. The van der Waals surface area contributed by atoms with Crippen LogP contribution in [0.25, 0.3) is 0 Å². The minimum absolute atomic E-state index is 0.0567. The van der Waals surface area contributed by atoms with E-state index < -0.39 is 30.3 Å². The summed E-state index contributed by atoms with van der Waals surface area (Å²) in [5.41, 5.74) is 0.255. The Labute approximate surface area is 157 Å². The second kappa shape index (κ2) is 8.20. The molecule has 0 radical (unpaired) electrons. The van der Waals surface area contributed by atoms with Crippen molar-refractivity contribution in [1.82, 2.24) is 10.2 Å². The minimum atomic E-state index is -0.994. The van der Waals surface area contributed by atoms with Crippen molar-refractivity contribution in [2.24, 2.45) is 0 Å². The molecule has 1 aromatic rings. The van der Waals surface area contributed by atoms with E-state index in [9.17, 15) is 19.2 Å². The number of nitrogens with one attached hydrogen (secondary N) is 1. The predicted octanol–water partition coefficient (Wildman–Crippen LogP) is 1.83. The van der Waals surface area contributed by atoms with Crippen LogP contribution >= 0.6 is 0 Å². The molecule has 2 fully saturated rings. The molecule has 27 heavy (non-hydrogen) atoms. The summed E-state index contributed by atoms with van der Waals surface area (Å²) in [6, 6.07) is 5.44. The van der Waals surface area contributed by atoms with Crippen molar-refractivity contribution in [3.63, 3.8) is 0 Å². The van der Waals surface area contributed by atoms with E-state index in [0.717, 1.165) is 43.4 Å². The number of nitrogens with zero attached hydrogens (tertiary/aromatic N) is 2. The Balaban J connectivity index is 1.67. The van der Waals surface area contributed by atoms with Crippen molar-refractivity contribution in [3.8, 4) is 5.75 Å². The minimum Gasteiger partial charge on any atom is -0.497 e. The molecule has 2 aliphatic rings. The molecule has 5 amide bonds. The Bertz CT molecular complexity index is 738.